The molecule has 0 amide bonds. The summed E-state index contributed by atoms with van der Waals surface area (Å²) < 4.78 is 5.43. The van der Waals surface area contributed by atoms with E-state index < -0.39 is 0 Å². The molecule has 0 bridgehead atoms. The number of carbonyl (C=O) groups excluding carboxylic acids is 1. The van der Waals surface area contributed by atoms with Crippen LogP contribution >= 0.6 is 0 Å². The van der Waals surface area contributed by atoms with E-state index in [2.05, 4.69) is 26.1 Å². The first-order valence-electron chi connectivity index (χ1n) is 9.09. The van der Waals surface area contributed by atoms with Crippen LogP contribution in [0.1, 0.15) is 58.4 Å². The molecule has 0 radical (unpaired) electrons. The van der Waals surface area contributed by atoms with Crippen LogP contribution in [0.2, 0.25) is 0 Å². The van der Waals surface area contributed by atoms with Gasteiger partial charge in [0.25, 0.3) is 0 Å². The fourth-order valence-electron chi connectivity index (χ4n) is 3.34. The molecular weight excluding hydrogens is 314 g/mol. The minimum Gasteiger partial charge on any atom is -0.427 e. The van der Waals surface area contributed by atoms with Crippen LogP contribution < -0.4 is 15.8 Å². The minimum atomic E-state index is -0.250. The summed E-state index contributed by atoms with van der Waals surface area (Å²) in [7, 11) is 0. The number of ether oxygens (including phenoxy) is 1. The molecule has 5 heteroatoms. The van der Waals surface area contributed by atoms with Crippen LogP contribution in [-0.2, 0) is 10.2 Å². The Balaban J connectivity index is 1.83. The standard InChI is InChI=1S/C20H31N3O2/c1-19(2,3)15-6-8-16(9-7-15)25-17(24)5-4-10-20(18(21)22)11-13-23-14-12-20/h6-9,23H,4-5,10-14H2,1-3H3,(H3,21,22). The van der Waals surface area contributed by atoms with Crippen LogP contribution in [0.25, 0.3) is 0 Å². The number of hydrogen-bond acceptors (Lipinski definition) is 4. The second kappa shape index (κ2) is 8.00. The molecule has 0 unspecified atom stereocenters. The SMILES string of the molecule is CC(C)(C)c1ccc(OC(=O)CCCC2(C(=N)N)CCNCC2)cc1. The van der Waals surface area contributed by atoms with Crippen molar-refractivity contribution in [2.75, 3.05) is 13.1 Å². The molecule has 0 aromatic heterocycles. The monoisotopic (exact) mass is 345 g/mol. The van der Waals surface area contributed by atoms with Gasteiger partial charge in [-0.3, -0.25) is 10.2 Å². The summed E-state index contributed by atoms with van der Waals surface area (Å²) in [4.78, 5) is 12.1. The number of rotatable bonds is 6. The molecule has 0 atom stereocenters. The first-order valence-corrected chi connectivity index (χ1v) is 9.09. The third kappa shape index (κ3) is 5.30. The van der Waals surface area contributed by atoms with E-state index in [0.29, 0.717) is 18.6 Å². The minimum absolute atomic E-state index is 0.0817. The van der Waals surface area contributed by atoms with Gasteiger partial charge in [-0.1, -0.05) is 32.9 Å². The number of esters is 1. The van der Waals surface area contributed by atoms with Gasteiger partial charge in [0.2, 0.25) is 0 Å². The zero-order valence-electron chi connectivity index (χ0n) is 15.7. The van der Waals surface area contributed by atoms with Crippen LogP contribution in [0.15, 0.2) is 24.3 Å². The van der Waals surface area contributed by atoms with E-state index in [4.69, 9.17) is 15.9 Å². The fourth-order valence-corrected chi connectivity index (χ4v) is 3.34. The first kappa shape index (κ1) is 19.4. The molecule has 1 heterocycles. The smallest absolute Gasteiger partial charge is 0.311 e. The maximum absolute atomic E-state index is 12.1. The molecule has 1 aromatic rings. The van der Waals surface area contributed by atoms with Crippen LogP contribution in [-0.4, -0.2) is 24.9 Å². The number of carbonyl (C=O) groups is 1. The number of nitrogens with one attached hydrogen (secondary N) is 2. The lowest BCUT2D eigenvalue weighted by Gasteiger charge is -2.36. The molecule has 0 aliphatic carbocycles. The molecule has 25 heavy (non-hydrogen) atoms. The summed E-state index contributed by atoms with van der Waals surface area (Å²) in [6.07, 6.45) is 3.54. The van der Waals surface area contributed by atoms with E-state index in [9.17, 15) is 4.79 Å². The number of nitrogens with two attached hydrogens (primary N) is 1. The molecule has 2 rings (SSSR count). The summed E-state index contributed by atoms with van der Waals surface area (Å²) in [5, 5.41) is 11.2. The van der Waals surface area contributed by atoms with E-state index in [0.717, 1.165) is 32.4 Å². The Morgan fingerprint density at radius 1 is 1.24 bits per heavy atom. The summed E-state index contributed by atoms with van der Waals surface area (Å²) in [5.41, 5.74) is 6.87. The highest BCUT2D eigenvalue weighted by atomic mass is 16.5. The maximum atomic E-state index is 12.1. The quantitative estimate of drug-likeness (QED) is 0.319. The van der Waals surface area contributed by atoms with E-state index in [-0.39, 0.29) is 22.6 Å². The van der Waals surface area contributed by atoms with Gasteiger partial charge in [-0.05, 0) is 61.9 Å². The summed E-state index contributed by atoms with van der Waals surface area (Å²) in [6, 6.07) is 7.70. The van der Waals surface area contributed by atoms with E-state index in [1.54, 1.807) is 0 Å². The maximum Gasteiger partial charge on any atom is 0.311 e. The van der Waals surface area contributed by atoms with E-state index in [1.807, 2.05) is 24.3 Å². The molecule has 1 fully saturated rings. The van der Waals surface area contributed by atoms with E-state index >= 15 is 0 Å². The largest absolute Gasteiger partial charge is 0.427 e. The molecule has 5 nitrogen and oxygen atoms in total. The number of hydrogen-bond donors (Lipinski definition) is 3. The van der Waals surface area contributed by atoms with Gasteiger partial charge < -0.3 is 15.8 Å². The van der Waals surface area contributed by atoms with Gasteiger partial charge in [-0.2, -0.15) is 0 Å². The topological polar surface area (TPSA) is 88.2 Å². The zero-order valence-corrected chi connectivity index (χ0v) is 15.7. The van der Waals surface area contributed by atoms with Crippen LogP contribution in [0.3, 0.4) is 0 Å². The Labute approximate surface area is 150 Å². The predicted molar refractivity (Wildman–Crippen MR) is 101 cm³/mol. The molecular formula is C20H31N3O2. The Morgan fingerprint density at radius 2 is 1.84 bits per heavy atom. The summed E-state index contributed by atoms with van der Waals surface area (Å²) in [6.45, 7) is 8.22. The second-order valence-electron chi connectivity index (χ2n) is 8.05. The average Bonchev–Trinajstić information content (AvgIpc) is 2.55. The number of amidine groups is 1. The van der Waals surface area contributed by atoms with Gasteiger partial charge in [-0.15, -0.1) is 0 Å². The van der Waals surface area contributed by atoms with Gasteiger partial charge in [0.15, 0.2) is 0 Å². The average molecular weight is 345 g/mol. The van der Waals surface area contributed by atoms with Crippen molar-refractivity contribution < 1.29 is 9.53 Å². The van der Waals surface area contributed by atoms with Gasteiger partial charge in [0.1, 0.15) is 5.75 Å². The van der Waals surface area contributed by atoms with Crippen LogP contribution in [0.5, 0.6) is 5.75 Å². The van der Waals surface area contributed by atoms with Gasteiger partial charge in [0.05, 0.1) is 5.84 Å². The van der Waals surface area contributed by atoms with Crippen molar-refractivity contribution >= 4 is 11.8 Å². The molecule has 1 aliphatic rings. The Morgan fingerprint density at radius 3 is 2.36 bits per heavy atom. The highest BCUT2D eigenvalue weighted by molar-refractivity contribution is 5.83. The molecule has 1 saturated heterocycles. The normalized spacial score (nSPS) is 17.1. The second-order valence-corrected chi connectivity index (χ2v) is 8.05. The molecule has 1 aliphatic heterocycles. The first-order chi connectivity index (χ1) is 11.7. The number of benzene rings is 1. The van der Waals surface area contributed by atoms with Crippen LogP contribution in [0.4, 0.5) is 0 Å². The Hall–Kier alpha value is -1.88. The molecule has 0 saturated carbocycles. The van der Waals surface area contributed by atoms with Gasteiger partial charge >= 0.3 is 5.97 Å². The van der Waals surface area contributed by atoms with Crippen molar-refractivity contribution in [1.29, 1.82) is 5.41 Å². The zero-order chi connectivity index (χ0) is 18.5. The Kier molecular flexibility index (Phi) is 6.22. The van der Waals surface area contributed by atoms with Gasteiger partial charge in [-0.25, -0.2) is 0 Å². The van der Waals surface area contributed by atoms with E-state index in [1.165, 1.54) is 5.56 Å². The molecule has 0 spiro atoms. The van der Waals surface area contributed by atoms with Crippen LogP contribution in [0, 0.1) is 10.8 Å². The lowest BCUT2D eigenvalue weighted by Crippen LogP contribution is -2.45. The third-order valence-electron chi connectivity index (χ3n) is 5.12. The van der Waals surface area contributed by atoms with Crippen molar-refractivity contribution in [2.45, 2.75) is 58.3 Å². The number of piperidine rings is 1. The molecule has 1 aromatic carbocycles. The summed E-state index contributed by atoms with van der Waals surface area (Å²) in [5.74, 6) is 0.609. The highest BCUT2D eigenvalue weighted by Gasteiger charge is 2.34. The lowest BCUT2D eigenvalue weighted by molar-refractivity contribution is -0.134. The summed E-state index contributed by atoms with van der Waals surface area (Å²) >= 11 is 0. The third-order valence-corrected chi connectivity index (χ3v) is 5.12. The fraction of sp³-hybridized carbons (Fsp3) is 0.600. The Bertz CT molecular complexity index is 596. The van der Waals surface area contributed by atoms with Crippen molar-refractivity contribution in [3.8, 4) is 5.75 Å². The lowest BCUT2D eigenvalue weighted by atomic mass is 9.74. The van der Waals surface area contributed by atoms with Crippen molar-refractivity contribution in [1.82, 2.24) is 5.32 Å². The highest BCUT2D eigenvalue weighted by Crippen LogP contribution is 2.34. The van der Waals surface area contributed by atoms with Gasteiger partial charge in [0, 0.05) is 11.8 Å². The molecule has 4 N–H and O–H groups in total. The van der Waals surface area contributed by atoms with Crippen molar-refractivity contribution in [3.63, 3.8) is 0 Å². The predicted octanol–water partition coefficient (Wildman–Crippen LogP) is 3.37. The molecule has 138 valence electrons. The van der Waals surface area contributed by atoms with Crippen molar-refractivity contribution in [2.24, 2.45) is 11.1 Å². The van der Waals surface area contributed by atoms with Crippen molar-refractivity contribution in [3.05, 3.63) is 29.8 Å².